The van der Waals surface area contributed by atoms with E-state index in [0.29, 0.717) is 28.9 Å². The van der Waals surface area contributed by atoms with Crippen molar-refractivity contribution in [1.82, 2.24) is 10.3 Å². The second kappa shape index (κ2) is 7.07. The molecule has 1 amide bonds. The van der Waals surface area contributed by atoms with Crippen molar-refractivity contribution in [3.05, 3.63) is 44.7 Å². The predicted octanol–water partition coefficient (Wildman–Crippen LogP) is 2.39. The molecule has 6 heteroatoms. The molecule has 2 aromatic rings. The molecule has 0 bridgehead atoms. The molecule has 1 aromatic heterocycles. The van der Waals surface area contributed by atoms with E-state index in [0.717, 1.165) is 10.9 Å². The number of benzene rings is 1. The summed E-state index contributed by atoms with van der Waals surface area (Å²) in [5.41, 5.74) is 6.40. The molecule has 0 fully saturated rings. The van der Waals surface area contributed by atoms with Crippen molar-refractivity contribution >= 4 is 32.7 Å². The summed E-state index contributed by atoms with van der Waals surface area (Å²) in [4.78, 5) is 27.1. The molecule has 2 rings (SSSR count). The quantitative estimate of drug-likeness (QED) is 0.759. The van der Waals surface area contributed by atoms with Gasteiger partial charge in [0, 0.05) is 28.5 Å². The number of nitrogens with one attached hydrogen (secondary N) is 2. The van der Waals surface area contributed by atoms with Gasteiger partial charge in [0.25, 0.3) is 5.91 Å². The first-order valence-electron chi connectivity index (χ1n) is 7.24. The van der Waals surface area contributed by atoms with Gasteiger partial charge in [-0.05, 0) is 34.3 Å². The normalized spacial score (nSPS) is 12.6. The van der Waals surface area contributed by atoms with Crippen molar-refractivity contribution in [2.75, 3.05) is 6.54 Å². The average Bonchev–Trinajstić information content (AvgIpc) is 2.46. The van der Waals surface area contributed by atoms with Gasteiger partial charge in [0.15, 0.2) is 0 Å². The molecular formula is C16H20BrN3O2. The van der Waals surface area contributed by atoms with Gasteiger partial charge in [0.2, 0.25) is 5.56 Å². The minimum absolute atomic E-state index is 0.103. The number of nitrogens with two attached hydrogens (primary N) is 1. The first-order valence-corrected chi connectivity index (χ1v) is 8.04. The molecule has 22 heavy (non-hydrogen) atoms. The fourth-order valence-electron chi connectivity index (χ4n) is 2.48. The zero-order valence-corrected chi connectivity index (χ0v) is 14.2. The van der Waals surface area contributed by atoms with Gasteiger partial charge in [-0.25, -0.2) is 0 Å². The highest BCUT2D eigenvalue weighted by Crippen LogP contribution is 2.23. The Morgan fingerprint density at radius 1 is 1.41 bits per heavy atom. The standard InChI is InChI=1S/C16H20BrN3O2/c1-9(2)6-10(8-18)19-16(22)12-7-14(21)20-15-11(12)4-3-5-13(15)17/h3-5,7,9-10H,6,8,18H2,1-2H3,(H,19,22)(H,20,21). The van der Waals surface area contributed by atoms with Crippen molar-refractivity contribution in [1.29, 1.82) is 0 Å². The summed E-state index contributed by atoms with van der Waals surface area (Å²) in [5, 5.41) is 3.62. The molecule has 0 saturated heterocycles. The number of rotatable bonds is 5. The van der Waals surface area contributed by atoms with Crippen molar-refractivity contribution in [3.63, 3.8) is 0 Å². The monoisotopic (exact) mass is 365 g/mol. The molecule has 1 aromatic carbocycles. The molecule has 0 aliphatic heterocycles. The lowest BCUT2D eigenvalue weighted by molar-refractivity contribution is 0.0935. The predicted molar refractivity (Wildman–Crippen MR) is 92.0 cm³/mol. The van der Waals surface area contributed by atoms with Gasteiger partial charge < -0.3 is 16.0 Å². The highest BCUT2D eigenvalue weighted by molar-refractivity contribution is 9.10. The fourth-order valence-corrected chi connectivity index (χ4v) is 2.94. The Morgan fingerprint density at radius 2 is 2.14 bits per heavy atom. The van der Waals surface area contributed by atoms with Crippen LogP contribution in [0.1, 0.15) is 30.6 Å². The van der Waals surface area contributed by atoms with Crippen LogP contribution in [0.2, 0.25) is 0 Å². The number of aromatic nitrogens is 1. The lowest BCUT2D eigenvalue weighted by Gasteiger charge is -2.19. The van der Waals surface area contributed by atoms with Gasteiger partial charge in [-0.15, -0.1) is 0 Å². The summed E-state index contributed by atoms with van der Waals surface area (Å²) in [7, 11) is 0. The minimum Gasteiger partial charge on any atom is -0.348 e. The van der Waals surface area contributed by atoms with Crippen molar-refractivity contribution in [2.24, 2.45) is 11.7 Å². The van der Waals surface area contributed by atoms with E-state index in [1.807, 2.05) is 18.2 Å². The number of amides is 1. The Bertz CT molecular complexity index is 740. The van der Waals surface area contributed by atoms with Crippen LogP contribution in [0, 0.1) is 5.92 Å². The molecule has 118 valence electrons. The van der Waals surface area contributed by atoms with Gasteiger partial charge in [-0.1, -0.05) is 26.0 Å². The number of carbonyl (C=O) groups is 1. The zero-order chi connectivity index (χ0) is 16.3. The molecule has 1 atom stereocenters. The lowest BCUT2D eigenvalue weighted by atomic mass is 10.0. The van der Waals surface area contributed by atoms with Crippen LogP contribution in [0.4, 0.5) is 0 Å². The second-order valence-corrected chi connectivity index (χ2v) is 6.60. The van der Waals surface area contributed by atoms with Crippen LogP contribution in [-0.2, 0) is 0 Å². The first-order chi connectivity index (χ1) is 10.4. The molecule has 0 aliphatic rings. The third-order valence-corrected chi connectivity index (χ3v) is 4.11. The molecule has 1 heterocycles. The van der Waals surface area contributed by atoms with Gasteiger partial charge in [-0.3, -0.25) is 9.59 Å². The molecule has 5 nitrogen and oxygen atoms in total. The molecule has 0 aliphatic carbocycles. The highest BCUT2D eigenvalue weighted by atomic mass is 79.9. The van der Waals surface area contributed by atoms with Crippen LogP contribution < -0.4 is 16.6 Å². The summed E-state index contributed by atoms with van der Waals surface area (Å²) in [6.45, 7) is 4.53. The first kappa shape index (κ1) is 16.7. The summed E-state index contributed by atoms with van der Waals surface area (Å²) in [5.74, 6) is 0.157. The topological polar surface area (TPSA) is 88.0 Å². The average molecular weight is 366 g/mol. The smallest absolute Gasteiger partial charge is 0.252 e. The number of halogens is 1. The molecule has 4 N–H and O–H groups in total. The van der Waals surface area contributed by atoms with Crippen LogP contribution in [0.15, 0.2) is 33.5 Å². The van der Waals surface area contributed by atoms with Gasteiger partial charge in [0.05, 0.1) is 11.1 Å². The number of hydrogen-bond acceptors (Lipinski definition) is 3. The Morgan fingerprint density at radius 3 is 2.77 bits per heavy atom. The largest absolute Gasteiger partial charge is 0.348 e. The number of pyridine rings is 1. The van der Waals surface area contributed by atoms with Crippen molar-refractivity contribution < 1.29 is 4.79 Å². The van der Waals surface area contributed by atoms with E-state index in [1.54, 1.807) is 0 Å². The number of aromatic amines is 1. The van der Waals surface area contributed by atoms with E-state index < -0.39 is 0 Å². The molecule has 0 saturated carbocycles. The minimum atomic E-state index is -0.308. The third-order valence-electron chi connectivity index (χ3n) is 3.45. The number of carbonyl (C=O) groups excluding carboxylic acids is 1. The van der Waals surface area contributed by atoms with Gasteiger partial charge in [0.1, 0.15) is 0 Å². The van der Waals surface area contributed by atoms with Crippen molar-refractivity contribution in [3.8, 4) is 0 Å². The maximum Gasteiger partial charge on any atom is 0.252 e. The number of fused-ring (bicyclic) bond motifs is 1. The van der Waals surface area contributed by atoms with E-state index in [-0.39, 0.29) is 17.5 Å². The second-order valence-electron chi connectivity index (χ2n) is 5.75. The summed E-state index contributed by atoms with van der Waals surface area (Å²) >= 11 is 3.39. The summed E-state index contributed by atoms with van der Waals surface area (Å²) in [6, 6.07) is 6.68. The molecule has 0 radical (unpaired) electrons. The maximum atomic E-state index is 12.5. The number of H-pyrrole nitrogens is 1. The Kier molecular flexibility index (Phi) is 5.37. The molecule has 0 spiro atoms. The van der Waals surface area contributed by atoms with E-state index in [1.165, 1.54) is 6.07 Å². The Balaban J connectivity index is 2.39. The summed E-state index contributed by atoms with van der Waals surface area (Å²) < 4.78 is 0.745. The van der Waals surface area contributed by atoms with E-state index in [4.69, 9.17) is 5.73 Å². The fraction of sp³-hybridized carbons (Fsp3) is 0.375. The number of hydrogen-bond donors (Lipinski definition) is 3. The Labute approximate surface area is 137 Å². The zero-order valence-electron chi connectivity index (χ0n) is 12.7. The van der Waals surface area contributed by atoms with Crippen LogP contribution >= 0.6 is 15.9 Å². The van der Waals surface area contributed by atoms with Gasteiger partial charge in [-0.2, -0.15) is 0 Å². The SMILES string of the molecule is CC(C)CC(CN)NC(=O)c1cc(=O)[nH]c2c(Br)cccc12. The molecular weight excluding hydrogens is 346 g/mol. The molecule has 1 unspecified atom stereocenters. The lowest BCUT2D eigenvalue weighted by Crippen LogP contribution is -2.41. The van der Waals surface area contributed by atoms with Crippen LogP contribution in [0.25, 0.3) is 10.9 Å². The van der Waals surface area contributed by atoms with Crippen molar-refractivity contribution in [2.45, 2.75) is 26.3 Å². The van der Waals surface area contributed by atoms with Crippen LogP contribution in [-0.4, -0.2) is 23.5 Å². The summed E-state index contributed by atoms with van der Waals surface area (Å²) in [6.07, 6.45) is 0.799. The Hall–Kier alpha value is -1.66. The van der Waals surface area contributed by atoms with E-state index in [2.05, 4.69) is 40.1 Å². The van der Waals surface area contributed by atoms with E-state index >= 15 is 0 Å². The van der Waals surface area contributed by atoms with Gasteiger partial charge >= 0.3 is 0 Å². The third kappa shape index (κ3) is 3.75. The maximum absolute atomic E-state index is 12.5. The highest BCUT2D eigenvalue weighted by Gasteiger charge is 2.17. The van der Waals surface area contributed by atoms with E-state index in [9.17, 15) is 9.59 Å². The van der Waals surface area contributed by atoms with Crippen LogP contribution in [0.3, 0.4) is 0 Å². The number of para-hydroxylation sites is 1. The van der Waals surface area contributed by atoms with Crippen LogP contribution in [0.5, 0.6) is 0 Å².